The van der Waals surface area contributed by atoms with Gasteiger partial charge in [0.25, 0.3) is 0 Å². The number of nitrogens with one attached hydrogen (secondary N) is 1. The van der Waals surface area contributed by atoms with E-state index in [4.69, 9.17) is 4.74 Å². The van der Waals surface area contributed by atoms with Crippen LogP contribution in [0, 0.1) is 5.92 Å². The maximum absolute atomic E-state index is 5.79. The summed E-state index contributed by atoms with van der Waals surface area (Å²) in [6.45, 7) is 6.72. The Labute approximate surface area is 146 Å². The largest absolute Gasteiger partial charge is 0.486 e. The molecule has 0 radical (unpaired) electrons. The van der Waals surface area contributed by atoms with Gasteiger partial charge in [-0.25, -0.2) is 4.98 Å². The second-order valence-corrected chi connectivity index (χ2v) is 7.83. The minimum absolute atomic E-state index is 0.487. The summed E-state index contributed by atoms with van der Waals surface area (Å²) in [5.41, 5.74) is 0.969. The van der Waals surface area contributed by atoms with Crippen LogP contribution in [0.3, 0.4) is 0 Å². The molecule has 1 N–H and O–H groups in total. The van der Waals surface area contributed by atoms with Crippen molar-refractivity contribution in [2.75, 3.05) is 6.54 Å². The van der Waals surface area contributed by atoms with Crippen LogP contribution in [-0.2, 0) is 13.2 Å². The minimum atomic E-state index is 0.487. The molecule has 1 aromatic heterocycles. The van der Waals surface area contributed by atoms with Crippen molar-refractivity contribution in [1.29, 1.82) is 0 Å². The van der Waals surface area contributed by atoms with Crippen LogP contribution in [0.5, 0.6) is 5.75 Å². The Kier molecular flexibility index (Phi) is 6.67. The van der Waals surface area contributed by atoms with Gasteiger partial charge in [0.2, 0.25) is 0 Å². The molecule has 21 heavy (non-hydrogen) atoms. The second-order valence-electron chi connectivity index (χ2n) is 5.12. The van der Waals surface area contributed by atoms with Gasteiger partial charge >= 0.3 is 0 Å². The van der Waals surface area contributed by atoms with Gasteiger partial charge in [0, 0.05) is 16.4 Å². The summed E-state index contributed by atoms with van der Waals surface area (Å²) in [5.74, 6) is 1.48. The first-order valence-electron chi connectivity index (χ1n) is 6.76. The highest BCUT2D eigenvalue weighted by Gasteiger charge is 2.06. The van der Waals surface area contributed by atoms with Crippen molar-refractivity contribution in [1.82, 2.24) is 10.3 Å². The summed E-state index contributed by atoms with van der Waals surface area (Å²) in [6, 6.07) is 5.87. The number of benzene rings is 1. The van der Waals surface area contributed by atoms with Crippen molar-refractivity contribution >= 4 is 43.2 Å². The lowest BCUT2D eigenvalue weighted by atomic mass is 10.2. The summed E-state index contributed by atoms with van der Waals surface area (Å²) < 4.78 is 7.75. The summed E-state index contributed by atoms with van der Waals surface area (Å²) in [4.78, 5) is 4.58. The summed E-state index contributed by atoms with van der Waals surface area (Å²) >= 11 is 8.59. The Balaban J connectivity index is 1.85. The molecule has 1 heterocycles. The Morgan fingerprint density at radius 2 is 2.14 bits per heavy atom. The number of hydrogen-bond acceptors (Lipinski definition) is 4. The van der Waals surface area contributed by atoms with E-state index in [1.165, 1.54) is 0 Å². The average molecular weight is 434 g/mol. The van der Waals surface area contributed by atoms with Gasteiger partial charge in [0.05, 0.1) is 10.2 Å². The van der Waals surface area contributed by atoms with Gasteiger partial charge in [-0.2, -0.15) is 0 Å². The molecule has 1 aromatic carbocycles. The van der Waals surface area contributed by atoms with Crippen LogP contribution in [0.25, 0.3) is 0 Å². The molecule has 0 amide bonds. The van der Waals surface area contributed by atoms with Crippen LogP contribution >= 0.6 is 43.2 Å². The molecular formula is C15H18Br2N2OS. The molecule has 0 saturated carbocycles. The number of rotatable bonds is 7. The predicted octanol–water partition coefficient (Wildman–Crippen LogP) is 4.99. The van der Waals surface area contributed by atoms with Crippen LogP contribution in [-0.4, -0.2) is 11.5 Å². The Bertz CT molecular complexity index is 587. The molecule has 0 fully saturated rings. The Hall–Kier alpha value is -0.430. The zero-order chi connectivity index (χ0) is 15.2. The zero-order valence-corrected chi connectivity index (χ0v) is 16.0. The van der Waals surface area contributed by atoms with E-state index in [1.54, 1.807) is 11.3 Å². The first-order valence-corrected chi connectivity index (χ1v) is 9.23. The lowest BCUT2D eigenvalue weighted by Gasteiger charge is -2.07. The van der Waals surface area contributed by atoms with Crippen molar-refractivity contribution in [3.63, 3.8) is 0 Å². The van der Waals surface area contributed by atoms with Crippen LogP contribution in [0.15, 0.2) is 32.5 Å². The molecule has 114 valence electrons. The van der Waals surface area contributed by atoms with Gasteiger partial charge in [0.1, 0.15) is 17.4 Å². The van der Waals surface area contributed by atoms with Gasteiger partial charge in [-0.05, 0) is 46.6 Å². The summed E-state index contributed by atoms with van der Waals surface area (Å²) in [6.07, 6.45) is 0. The fraction of sp³-hybridized carbons (Fsp3) is 0.400. The van der Waals surface area contributed by atoms with Crippen molar-refractivity contribution in [3.8, 4) is 5.75 Å². The summed E-state index contributed by atoms with van der Waals surface area (Å²) in [7, 11) is 0. The smallest absolute Gasteiger partial charge is 0.134 e. The molecule has 3 nitrogen and oxygen atoms in total. The maximum atomic E-state index is 5.79. The monoisotopic (exact) mass is 432 g/mol. The highest BCUT2D eigenvalue weighted by atomic mass is 79.9. The predicted molar refractivity (Wildman–Crippen MR) is 94.8 cm³/mol. The van der Waals surface area contributed by atoms with E-state index in [0.29, 0.717) is 12.5 Å². The lowest BCUT2D eigenvalue weighted by Crippen LogP contribution is -2.18. The van der Waals surface area contributed by atoms with E-state index in [2.05, 4.69) is 61.4 Å². The van der Waals surface area contributed by atoms with Crippen LogP contribution in [0.1, 0.15) is 24.5 Å². The zero-order valence-electron chi connectivity index (χ0n) is 12.0. The molecule has 0 spiro atoms. The average Bonchev–Trinajstić information content (AvgIpc) is 2.85. The van der Waals surface area contributed by atoms with Crippen LogP contribution < -0.4 is 10.1 Å². The van der Waals surface area contributed by atoms with Crippen LogP contribution in [0.4, 0.5) is 0 Å². The topological polar surface area (TPSA) is 34.2 Å². The molecule has 6 heteroatoms. The maximum Gasteiger partial charge on any atom is 0.134 e. The lowest BCUT2D eigenvalue weighted by molar-refractivity contribution is 0.300. The van der Waals surface area contributed by atoms with Crippen LogP contribution in [0.2, 0.25) is 0 Å². The van der Waals surface area contributed by atoms with Crippen molar-refractivity contribution in [2.45, 2.75) is 27.0 Å². The molecule has 0 saturated heterocycles. The molecule has 0 atom stereocenters. The number of nitrogens with zero attached hydrogens (tertiary/aromatic N) is 1. The minimum Gasteiger partial charge on any atom is -0.486 e. The molecule has 0 bridgehead atoms. The van der Waals surface area contributed by atoms with E-state index >= 15 is 0 Å². The first kappa shape index (κ1) is 16.9. The van der Waals surface area contributed by atoms with Gasteiger partial charge < -0.3 is 10.1 Å². The number of hydrogen-bond donors (Lipinski definition) is 1. The number of halogens is 2. The number of aromatic nitrogens is 1. The normalized spacial score (nSPS) is 11.1. The van der Waals surface area contributed by atoms with Crippen molar-refractivity contribution in [2.24, 2.45) is 5.92 Å². The number of thiazole rings is 1. The van der Waals surface area contributed by atoms with E-state index in [1.807, 2.05) is 18.2 Å². The van der Waals surface area contributed by atoms with Crippen molar-refractivity contribution in [3.05, 3.63) is 43.2 Å². The van der Waals surface area contributed by atoms with E-state index in [-0.39, 0.29) is 0 Å². The highest BCUT2D eigenvalue weighted by molar-refractivity contribution is 9.11. The molecule has 0 aliphatic carbocycles. The highest BCUT2D eigenvalue weighted by Crippen LogP contribution is 2.28. The fourth-order valence-electron chi connectivity index (χ4n) is 1.71. The third-order valence-corrected chi connectivity index (χ3v) is 4.71. The first-order chi connectivity index (χ1) is 10.0. The third kappa shape index (κ3) is 5.70. The Morgan fingerprint density at radius 1 is 1.33 bits per heavy atom. The molecule has 2 rings (SSSR count). The molecular weight excluding hydrogens is 416 g/mol. The summed E-state index contributed by atoms with van der Waals surface area (Å²) in [5, 5.41) is 6.55. The van der Waals surface area contributed by atoms with Gasteiger partial charge in [-0.3, -0.25) is 0 Å². The van der Waals surface area contributed by atoms with Gasteiger partial charge in [-0.1, -0.05) is 29.8 Å². The molecule has 0 aliphatic rings. The molecule has 2 aromatic rings. The quantitative estimate of drug-likeness (QED) is 0.667. The van der Waals surface area contributed by atoms with Gasteiger partial charge in [0.15, 0.2) is 0 Å². The van der Waals surface area contributed by atoms with Gasteiger partial charge in [-0.15, -0.1) is 11.3 Å². The Morgan fingerprint density at radius 3 is 2.86 bits per heavy atom. The van der Waals surface area contributed by atoms with Crippen molar-refractivity contribution < 1.29 is 4.74 Å². The standard InChI is InChI=1S/C15H18Br2N2OS/c1-10(2)6-18-7-15-19-12(9-21-15)8-20-14-4-3-11(16)5-13(14)17/h3-5,9-10,18H,6-8H2,1-2H3. The fourth-order valence-corrected chi connectivity index (χ4v) is 3.62. The number of ether oxygens (including phenoxy) is 1. The SMILES string of the molecule is CC(C)CNCc1nc(COc2ccc(Br)cc2Br)cs1. The van der Waals surface area contributed by atoms with E-state index in [9.17, 15) is 0 Å². The van der Waals surface area contributed by atoms with E-state index in [0.717, 1.165) is 38.5 Å². The van der Waals surface area contributed by atoms with E-state index < -0.39 is 0 Å². The molecule has 0 unspecified atom stereocenters. The third-order valence-electron chi connectivity index (χ3n) is 2.70. The molecule has 0 aliphatic heterocycles. The second kappa shape index (κ2) is 8.27.